The van der Waals surface area contributed by atoms with E-state index in [1.54, 1.807) is 20.8 Å². The number of carboxylic acids is 1. The van der Waals surface area contributed by atoms with E-state index in [-0.39, 0.29) is 24.1 Å². The van der Waals surface area contributed by atoms with Crippen LogP contribution in [0.3, 0.4) is 0 Å². The zero-order valence-electron chi connectivity index (χ0n) is 12.4. The smallest absolute Gasteiger partial charge is 0.407 e. The third kappa shape index (κ3) is 5.72. The highest BCUT2D eigenvalue weighted by Gasteiger charge is 2.17. The lowest BCUT2D eigenvalue weighted by atomic mass is 10.2. The number of rotatable bonds is 5. The highest BCUT2D eigenvalue weighted by molar-refractivity contribution is 6.32. The van der Waals surface area contributed by atoms with Gasteiger partial charge in [0.1, 0.15) is 10.8 Å². The summed E-state index contributed by atoms with van der Waals surface area (Å²) < 4.78 is 18.7. The molecule has 7 nitrogen and oxygen atoms in total. The van der Waals surface area contributed by atoms with Crippen LogP contribution in [0.5, 0.6) is 0 Å². The van der Waals surface area contributed by atoms with Crippen LogP contribution < -0.4 is 10.6 Å². The topological polar surface area (TPSA) is 101 Å². The summed E-state index contributed by atoms with van der Waals surface area (Å²) in [7, 11) is 0. The van der Waals surface area contributed by atoms with Crippen molar-refractivity contribution in [1.29, 1.82) is 0 Å². The lowest BCUT2D eigenvalue weighted by molar-refractivity contribution is 0.0529. The molecule has 0 saturated carbocycles. The average molecular weight is 334 g/mol. The molecule has 9 heteroatoms. The van der Waals surface area contributed by atoms with Crippen molar-refractivity contribution in [3.8, 4) is 0 Å². The molecule has 0 aliphatic rings. The Hall–Kier alpha value is -2.09. The first-order valence-corrected chi connectivity index (χ1v) is 6.78. The minimum atomic E-state index is -1.37. The third-order valence-electron chi connectivity index (χ3n) is 2.25. The molecule has 0 bridgehead atoms. The highest BCUT2D eigenvalue weighted by Crippen LogP contribution is 2.20. The molecular formula is C13H17ClFN3O4. The monoisotopic (exact) mass is 333 g/mol. The number of amides is 1. The molecule has 1 heterocycles. The van der Waals surface area contributed by atoms with E-state index in [0.29, 0.717) is 0 Å². The van der Waals surface area contributed by atoms with E-state index in [1.165, 1.54) is 0 Å². The minimum Gasteiger partial charge on any atom is -0.478 e. The fraction of sp³-hybridized carbons (Fsp3) is 0.462. The molecule has 1 aromatic rings. The second-order valence-corrected chi connectivity index (χ2v) is 5.68. The van der Waals surface area contributed by atoms with Crippen molar-refractivity contribution in [2.45, 2.75) is 26.4 Å². The van der Waals surface area contributed by atoms with Crippen LogP contribution in [0.2, 0.25) is 5.15 Å². The number of ether oxygens (including phenoxy) is 1. The fourth-order valence-corrected chi connectivity index (χ4v) is 1.62. The first-order valence-electron chi connectivity index (χ1n) is 6.40. The summed E-state index contributed by atoms with van der Waals surface area (Å²) in [4.78, 5) is 25.8. The number of hydrogen-bond acceptors (Lipinski definition) is 5. The number of aromatic carboxylic acids is 1. The summed E-state index contributed by atoms with van der Waals surface area (Å²) in [6, 6.07) is 0.779. The normalized spacial score (nSPS) is 11.0. The van der Waals surface area contributed by atoms with Gasteiger partial charge in [-0.2, -0.15) is 0 Å². The van der Waals surface area contributed by atoms with Crippen molar-refractivity contribution in [3.05, 3.63) is 22.6 Å². The summed E-state index contributed by atoms with van der Waals surface area (Å²) >= 11 is 5.64. The van der Waals surface area contributed by atoms with Crippen LogP contribution in [0, 0.1) is 5.82 Å². The predicted molar refractivity (Wildman–Crippen MR) is 78.9 cm³/mol. The maximum Gasteiger partial charge on any atom is 0.407 e. The molecule has 0 unspecified atom stereocenters. The van der Waals surface area contributed by atoms with Gasteiger partial charge in [0.05, 0.1) is 5.56 Å². The molecule has 0 spiro atoms. The van der Waals surface area contributed by atoms with Crippen LogP contribution in [0.25, 0.3) is 0 Å². The Labute approximate surface area is 131 Å². The van der Waals surface area contributed by atoms with Crippen molar-refractivity contribution >= 4 is 29.5 Å². The van der Waals surface area contributed by atoms with E-state index in [2.05, 4.69) is 15.6 Å². The van der Waals surface area contributed by atoms with Crippen molar-refractivity contribution in [1.82, 2.24) is 10.3 Å². The molecule has 0 aromatic carbocycles. The minimum absolute atomic E-state index is 0.159. The fourth-order valence-electron chi connectivity index (χ4n) is 1.40. The molecule has 3 N–H and O–H groups in total. The maximum absolute atomic E-state index is 13.6. The molecule has 22 heavy (non-hydrogen) atoms. The number of nitrogens with zero attached hydrogens (tertiary/aromatic N) is 1. The molecule has 0 aliphatic heterocycles. The Kier molecular flexibility index (Phi) is 5.92. The Bertz CT molecular complexity index is 575. The predicted octanol–water partition coefficient (Wildman–Crippen LogP) is 2.51. The number of halogens is 2. The van der Waals surface area contributed by atoms with E-state index in [9.17, 15) is 14.0 Å². The standard InChI is InChI=1S/C13H17ClFN3O4/c1-13(2,3)22-12(21)17-5-4-16-10-8(15)6-7(11(19)20)9(14)18-10/h6H,4-5H2,1-3H3,(H,16,18)(H,17,21)(H,19,20). The number of hydrogen-bond donors (Lipinski definition) is 3. The third-order valence-corrected chi connectivity index (χ3v) is 2.53. The second kappa shape index (κ2) is 7.26. The van der Waals surface area contributed by atoms with Gasteiger partial charge in [-0.3, -0.25) is 0 Å². The second-order valence-electron chi connectivity index (χ2n) is 5.32. The number of nitrogens with one attached hydrogen (secondary N) is 2. The van der Waals surface area contributed by atoms with Gasteiger partial charge in [0, 0.05) is 13.1 Å². The van der Waals surface area contributed by atoms with Crippen LogP contribution in [0.4, 0.5) is 15.0 Å². The Balaban J connectivity index is 2.51. The van der Waals surface area contributed by atoms with Gasteiger partial charge in [-0.15, -0.1) is 0 Å². The van der Waals surface area contributed by atoms with Crippen molar-refractivity contribution in [3.63, 3.8) is 0 Å². The average Bonchev–Trinajstić information content (AvgIpc) is 2.35. The van der Waals surface area contributed by atoms with Crippen molar-refractivity contribution in [2.24, 2.45) is 0 Å². The molecule has 1 amide bonds. The van der Waals surface area contributed by atoms with Gasteiger partial charge in [0.25, 0.3) is 0 Å². The number of carbonyl (C=O) groups excluding carboxylic acids is 1. The molecule has 1 rings (SSSR count). The number of anilines is 1. The number of carboxylic acid groups (broad SMARTS) is 1. The van der Waals surface area contributed by atoms with E-state index < -0.39 is 29.0 Å². The van der Waals surface area contributed by atoms with Crippen molar-refractivity contribution < 1.29 is 23.8 Å². The summed E-state index contributed by atoms with van der Waals surface area (Å²) in [5, 5.41) is 13.5. The molecular weight excluding hydrogens is 317 g/mol. The lowest BCUT2D eigenvalue weighted by Crippen LogP contribution is -2.35. The van der Waals surface area contributed by atoms with Gasteiger partial charge in [-0.05, 0) is 26.8 Å². The number of carbonyl (C=O) groups is 2. The molecule has 1 aromatic heterocycles. The van der Waals surface area contributed by atoms with Gasteiger partial charge in [-0.1, -0.05) is 11.6 Å². The summed E-state index contributed by atoms with van der Waals surface area (Å²) in [5.41, 5.74) is -1.03. The van der Waals surface area contributed by atoms with Gasteiger partial charge in [0.15, 0.2) is 11.6 Å². The zero-order valence-corrected chi connectivity index (χ0v) is 13.1. The molecule has 0 fully saturated rings. The molecule has 0 atom stereocenters. The summed E-state index contributed by atoms with van der Waals surface area (Å²) in [6.07, 6.45) is -0.595. The zero-order chi connectivity index (χ0) is 16.9. The number of alkyl carbamates (subject to hydrolysis) is 1. The van der Waals surface area contributed by atoms with Gasteiger partial charge in [-0.25, -0.2) is 19.0 Å². The first-order chi connectivity index (χ1) is 10.1. The molecule has 122 valence electrons. The van der Waals surface area contributed by atoms with E-state index in [1.807, 2.05) is 0 Å². The Morgan fingerprint density at radius 1 is 1.41 bits per heavy atom. The first kappa shape index (κ1) is 18.0. The Morgan fingerprint density at radius 3 is 2.59 bits per heavy atom. The van der Waals surface area contributed by atoms with Crippen LogP contribution in [0.1, 0.15) is 31.1 Å². The maximum atomic E-state index is 13.6. The number of aromatic nitrogens is 1. The highest BCUT2D eigenvalue weighted by atomic mass is 35.5. The van der Waals surface area contributed by atoms with Crippen LogP contribution in [0.15, 0.2) is 6.07 Å². The molecule has 0 saturated heterocycles. The lowest BCUT2D eigenvalue weighted by Gasteiger charge is -2.19. The molecule has 0 radical (unpaired) electrons. The van der Waals surface area contributed by atoms with Crippen LogP contribution in [-0.4, -0.2) is 40.8 Å². The van der Waals surface area contributed by atoms with Crippen molar-refractivity contribution in [2.75, 3.05) is 18.4 Å². The summed E-state index contributed by atoms with van der Waals surface area (Å²) in [6.45, 7) is 5.52. The van der Waals surface area contributed by atoms with Gasteiger partial charge >= 0.3 is 12.1 Å². The Morgan fingerprint density at radius 2 is 2.05 bits per heavy atom. The quantitative estimate of drug-likeness (QED) is 0.565. The van der Waals surface area contributed by atoms with E-state index in [4.69, 9.17) is 21.4 Å². The van der Waals surface area contributed by atoms with E-state index in [0.717, 1.165) is 6.07 Å². The number of pyridine rings is 1. The van der Waals surface area contributed by atoms with E-state index >= 15 is 0 Å². The van der Waals surface area contributed by atoms with Crippen LogP contribution in [-0.2, 0) is 4.74 Å². The largest absolute Gasteiger partial charge is 0.478 e. The summed E-state index contributed by atoms with van der Waals surface area (Å²) in [5.74, 6) is -2.41. The van der Waals surface area contributed by atoms with Gasteiger partial charge < -0.3 is 20.5 Å². The van der Waals surface area contributed by atoms with Gasteiger partial charge in [0.2, 0.25) is 0 Å². The van der Waals surface area contributed by atoms with Crippen LogP contribution >= 0.6 is 11.6 Å². The molecule has 0 aliphatic carbocycles. The SMILES string of the molecule is CC(C)(C)OC(=O)NCCNc1nc(Cl)c(C(=O)O)cc1F.